The zero-order valence-corrected chi connectivity index (χ0v) is 12.7. The Balaban J connectivity index is 1.83. The number of benzene rings is 1. The Labute approximate surface area is 129 Å². The molecule has 0 bridgehead atoms. The molecule has 1 unspecified atom stereocenters. The van der Waals surface area contributed by atoms with Crippen molar-refractivity contribution in [3.63, 3.8) is 0 Å². The summed E-state index contributed by atoms with van der Waals surface area (Å²) in [4.78, 5) is 23.7. The molecule has 1 aliphatic rings. The van der Waals surface area contributed by atoms with Crippen LogP contribution in [0, 0.1) is 5.92 Å². The molecule has 1 heterocycles. The summed E-state index contributed by atoms with van der Waals surface area (Å²) in [5.74, 6) is -1.43. The van der Waals surface area contributed by atoms with Gasteiger partial charge in [-0.1, -0.05) is 18.2 Å². The van der Waals surface area contributed by atoms with E-state index in [-0.39, 0.29) is 25.9 Å². The van der Waals surface area contributed by atoms with Crippen molar-refractivity contribution < 1.29 is 28.5 Å². The minimum absolute atomic E-state index is 0.0921. The Hall–Kier alpha value is -1.92. The van der Waals surface area contributed by atoms with Crippen LogP contribution in [0.25, 0.3) is 0 Å². The van der Waals surface area contributed by atoms with E-state index in [4.69, 9.17) is 18.9 Å². The molecule has 2 rings (SSSR count). The molecule has 1 saturated heterocycles. The highest BCUT2D eigenvalue weighted by Gasteiger charge is 2.39. The second kappa shape index (κ2) is 7.91. The summed E-state index contributed by atoms with van der Waals surface area (Å²) >= 11 is 0. The number of carbonyl (C=O) groups is 2. The number of rotatable bonds is 7. The molecule has 1 aromatic rings. The molecule has 1 aromatic carbocycles. The second-order valence-corrected chi connectivity index (χ2v) is 4.86. The molecular weight excluding hydrogens is 288 g/mol. The van der Waals surface area contributed by atoms with Crippen molar-refractivity contribution in [1.82, 2.24) is 0 Å². The molecule has 6 nitrogen and oxygen atoms in total. The van der Waals surface area contributed by atoms with Gasteiger partial charge in [0, 0.05) is 0 Å². The average molecular weight is 308 g/mol. The lowest BCUT2D eigenvalue weighted by Gasteiger charge is -2.37. The number of hydrogen-bond donors (Lipinski definition) is 0. The van der Waals surface area contributed by atoms with Crippen molar-refractivity contribution in [1.29, 1.82) is 0 Å². The van der Waals surface area contributed by atoms with Gasteiger partial charge in [0.2, 0.25) is 0 Å². The molecule has 0 radical (unpaired) electrons. The van der Waals surface area contributed by atoms with Crippen LogP contribution in [0.5, 0.6) is 0 Å². The smallest absolute Gasteiger partial charge is 0.338 e. The molecule has 22 heavy (non-hydrogen) atoms. The van der Waals surface area contributed by atoms with Crippen LogP contribution in [-0.4, -0.2) is 37.7 Å². The van der Waals surface area contributed by atoms with Gasteiger partial charge in [-0.2, -0.15) is 0 Å². The fourth-order valence-corrected chi connectivity index (χ4v) is 2.13. The third-order valence-electron chi connectivity index (χ3n) is 3.24. The minimum Gasteiger partial charge on any atom is -0.466 e. The Morgan fingerprint density at radius 1 is 1.18 bits per heavy atom. The van der Waals surface area contributed by atoms with Crippen LogP contribution in [0.4, 0.5) is 0 Å². The lowest BCUT2D eigenvalue weighted by Crippen LogP contribution is -2.47. The van der Waals surface area contributed by atoms with E-state index >= 15 is 0 Å². The number of carbonyl (C=O) groups excluding carboxylic acids is 2. The molecule has 6 heteroatoms. The summed E-state index contributed by atoms with van der Waals surface area (Å²) < 4.78 is 20.9. The van der Waals surface area contributed by atoms with Gasteiger partial charge in [-0.15, -0.1) is 0 Å². The molecule has 1 aliphatic heterocycles. The van der Waals surface area contributed by atoms with Gasteiger partial charge in [0.15, 0.2) is 12.6 Å². The van der Waals surface area contributed by atoms with E-state index in [2.05, 4.69) is 0 Å². The van der Waals surface area contributed by atoms with Gasteiger partial charge in [-0.05, 0) is 32.4 Å². The van der Waals surface area contributed by atoms with E-state index in [1.807, 2.05) is 6.07 Å². The number of esters is 2. The third-order valence-corrected chi connectivity index (χ3v) is 3.24. The Morgan fingerprint density at radius 2 is 1.86 bits per heavy atom. The fraction of sp³-hybridized carbons (Fsp3) is 0.500. The average Bonchev–Trinajstić information content (AvgIpc) is 2.50. The van der Waals surface area contributed by atoms with Crippen LogP contribution in [0.3, 0.4) is 0 Å². The molecule has 1 atom stereocenters. The van der Waals surface area contributed by atoms with E-state index in [1.54, 1.807) is 38.1 Å². The molecule has 0 saturated carbocycles. The molecule has 0 spiro atoms. The van der Waals surface area contributed by atoms with Crippen LogP contribution < -0.4 is 0 Å². The quantitative estimate of drug-likeness (QED) is 0.719. The van der Waals surface area contributed by atoms with E-state index in [1.165, 1.54) is 0 Å². The maximum atomic E-state index is 11.9. The monoisotopic (exact) mass is 308 g/mol. The third kappa shape index (κ3) is 4.29. The van der Waals surface area contributed by atoms with E-state index < -0.39 is 24.1 Å². The minimum atomic E-state index is -0.635. The van der Waals surface area contributed by atoms with Crippen molar-refractivity contribution in [2.24, 2.45) is 5.92 Å². The fourth-order valence-electron chi connectivity index (χ4n) is 2.13. The van der Waals surface area contributed by atoms with Crippen LogP contribution in [0.1, 0.15) is 30.6 Å². The first kappa shape index (κ1) is 16.5. The first-order valence-electron chi connectivity index (χ1n) is 7.31. The summed E-state index contributed by atoms with van der Waals surface area (Å²) in [5, 5.41) is 0. The Kier molecular flexibility index (Phi) is 5.91. The molecule has 0 aliphatic carbocycles. The van der Waals surface area contributed by atoms with Gasteiger partial charge in [-0.3, -0.25) is 4.79 Å². The Morgan fingerprint density at radius 3 is 2.45 bits per heavy atom. The van der Waals surface area contributed by atoms with Crippen LogP contribution >= 0.6 is 0 Å². The summed E-state index contributed by atoms with van der Waals surface area (Å²) in [6.45, 7) is 3.85. The standard InChI is InChI=1S/C16H20O6/c1-3-19-15(18)13(16-21-11(2)22-16)9-10-20-14(17)12-7-5-4-6-8-12/h4-8,11,13,16H,3,9-10H2,1-2H3. The van der Waals surface area contributed by atoms with Gasteiger partial charge in [0.05, 0.1) is 18.8 Å². The summed E-state index contributed by atoms with van der Waals surface area (Å²) in [6.07, 6.45) is -0.673. The first-order chi connectivity index (χ1) is 10.6. The highest BCUT2D eigenvalue weighted by molar-refractivity contribution is 5.89. The van der Waals surface area contributed by atoms with Crippen molar-refractivity contribution in [3.05, 3.63) is 35.9 Å². The second-order valence-electron chi connectivity index (χ2n) is 4.86. The zero-order chi connectivity index (χ0) is 15.9. The van der Waals surface area contributed by atoms with Gasteiger partial charge < -0.3 is 18.9 Å². The van der Waals surface area contributed by atoms with Crippen molar-refractivity contribution in [2.45, 2.75) is 32.8 Å². The van der Waals surface area contributed by atoms with E-state index in [0.29, 0.717) is 5.56 Å². The van der Waals surface area contributed by atoms with Crippen LogP contribution in [-0.2, 0) is 23.7 Å². The number of ether oxygens (including phenoxy) is 4. The largest absolute Gasteiger partial charge is 0.466 e. The Bertz CT molecular complexity index is 495. The van der Waals surface area contributed by atoms with E-state index in [9.17, 15) is 9.59 Å². The SMILES string of the molecule is CCOC(=O)C(CCOC(=O)c1ccccc1)C1OC(C)O1. The maximum Gasteiger partial charge on any atom is 0.338 e. The van der Waals surface area contributed by atoms with Crippen LogP contribution in [0.2, 0.25) is 0 Å². The van der Waals surface area contributed by atoms with Gasteiger partial charge >= 0.3 is 11.9 Å². The molecule has 0 N–H and O–H groups in total. The highest BCUT2D eigenvalue weighted by Crippen LogP contribution is 2.26. The predicted molar refractivity (Wildman–Crippen MR) is 76.9 cm³/mol. The topological polar surface area (TPSA) is 71.1 Å². The van der Waals surface area contributed by atoms with Crippen molar-refractivity contribution >= 4 is 11.9 Å². The normalized spacial score (nSPS) is 21.5. The number of hydrogen-bond acceptors (Lipinski definition) is 6. The van der Waals surface area contributed by atoms with Crippen molar-refractivity contribution in [2.75, 3.05) is 13.2 Å². The summed E-state index contributed by atoms with van der Waals surface area (Å²) in [6, 6.07) is 8.68. The lowest BCUT2D eigenvalue weighted by atomic mass is 10.0. The van der Waals surface area contributed by atoms with Gasteiger partial charge in [0.1, 0.15) is 5.92 Å². The lowest BCUT2D eigenvalue weighted by molar-refractivity contribution is -0.389. The van der Waals surface area contributed by atoms with Crippen LogP contribution in [0.15, 0.2) is 30.3 Å². The molecule has 0 aromatic heterocycles. The van der Waals surface area contributed by atoms with Crippen molar-refractivity contribution in [3.8, 4) is 0 Å². The van der Waals surface area contributed by atoms with E-state index in [0.717, 1.165) is 0 Å². The zero-order valence-electron chi connectivity index (χ0n) is 12.7. The maximum absolute atomic E-state index is 11.9. The van der Waals surface area contributed by atoms with Gasteiger partial charge in [-0.25, -0.2) is 4.79 Å². The molecule has 120 valence electrons. The predicted octanol–water partition coefficient (Wildman–Crippen LogP) is 2.13. The molecule has 0 amide bonds. The summed E-state index contributed by atoms with van der Waals surface area (Å²) in [7, 11) is 0. The highest BCUT2D eigenvalue weighted by atomic mass is 16.9. The molecular formula is C16H20O6. The molecule has 1 fully saturated rings. The first-order valence-corrected chi connectivity index (χ1v) is 7.31. The summed E-state index contributed by atoms with van der Waals surface area (Å²) in [5.41, 5.74) is 0.472. The van der Waals surface area contributed by atoms with Gasteiger partial charge in [0.25, 0.3) is 0 Å².